The average molecular weight is 338 g/mol. The molecule has 1 heterocycles. The predicted octanol–water partition coefficient (Wildman–Crippen LogP) is 4.00. The summed E-state index contributed by atoms with van der Waals surface area (Å²) in [5.41, 5.74) is 4.63. The Bertz CT molecular complexity index is 568. The molecule has 17 heavy (non-hydrogen) atoms. The van der Waals surface area contributed by atoms with Crippen molar-refractivity contribution in [2.45, 2.75) is 13.8 Å². The molecule has 0 saturated heterocycles. The van der Waals surface area contributed by atoms with Crippen molar-refractivity contribution >= 4 is 34.5 Å². The first-order valence-electron chi connectivity index (χ1n) is 5.50. The van der Waals surface area contributed by atoms with E-state index in [0.717, 1.165) is 11.4 Å². The van der Waals surface area contributed by atoms with E-state index in [1.165, 1.54) is 14.8 Å². The van der Waals surface area contributed by atoms with Gasteiger partial charge >= 0.3 is 0 Å². The Balaban J connectivity index is 2.26. The van der Waals surface area contributed by atoms with E-state index >= 15 is 0 Å². The van der Waals surface area contributed by atoms with Crippen molar-refractivity contribution in [2.75, 3.05) is 0 Å². The summed E-state index contributed by atoms with van der Waals surface area (Å²) in [4.78, 5) is 4.50. The summed E-state index contributed by atoms with van der Waals surface area (Å²) in [5, 5.41) is 0. The van der Waals surface area contributed by atoms with Gasteiger partial charge in [-0.25, -0.2) is 0 Å². The molecule has 0 aliphatic carbocycles. The zero-order chi connectivity index (χ0) is 12.4. The van der Waals surface area contributed by atoms with Gasteiger partial charge in [-0.2, -0.15) is 0 Å². The van der Waals surface area contributed by atoms with Crippen LogP contribution in [0.25, 0.3) is 0 Å². The van der Waals surface area contributed by atoms with Crippen LogP contribution in [0.3, 0.4) is 0 Å². The molecule has 2 nitrogen and oxygen atoms in total. The Morgan fingerprint density at radius 3 is 2.53 bits per heavy atom. The fraction of sp³-hybridized carbons (Fsp3) is 0.214. The first-order chi connectivity index (χ1) is 8.08. The smallest absolute Gasteiger partial charge is 0.0633 e. The molecule has 0 atom stereocenters. The lowest BCUT2D eigenvalue weighted by atomic mass is 10.2. The Labute approximate surface area is 116 Å². The van der Waals surface area contributed by atoms with Gasteiger partial charge in [-0.3, -0.25) is 4.99 Å². The molecule has 0 radical (unpaired) electrons. The molecule has 2 aromatic rings. The van der Waals surface area contributed by atoms with Crippen molar-refractivity contribution in [3.63, 3.8) is 0 Å². The topological polar surface area (TPSA) is 17.3 Å². The number of aliphatic imine (C=N–C) groups is 1. The van der Waals surface area contributed by atoms with E-state index in [0.29, 0.717) is 0 Å². The van der Waals surface area contributed by atoms with Gasteiger partial charge in [0.2, 0.25) is 0 Å². The van der Waals surface area contributed by atoms with Gasteiger partial charge in [-0.1, -0.05) is 0 Å². The first kappa shape index (κ1) is 12.4. The van der Waals surface area contributed by atoms with Crippen LogP contribution in [0.2, 0.25) is 0 Å². The van der Waals surface area contributed by atoms with Crippen LogP contribution in [-0.4, -0.2) is 10.8 Å². The van der Waals surface area contributed by atoms with E-state index in [1.807, 2.05) is 12.3 Å². The SMILES string of the molecule is Cc1cc(N=Cc2ccc(C)n2C)ccc1I. The molecule has 88 valence electrons. The minimum absolute atomic E-state index is 1.00. The number of aryl methyl sites for hydroxylation is 2. The molecule has 0 N–H and O–H groups in total. The molecule has 1 aromatic heterocycles. The molecule has 0 spiro atoms. The number of halogens is 1. The third-order valence-corrected chi connectivity index (χ3v) is 4.11. The number of nitrogens with zero attached hydrogens (tertiary/aromatic N) is 2. The second-order valence-electron chi connectivity index (χ2n) is 4.15. The minimum atomic E-state index is 1.00. The van der Waals surface area contributed by atoms with Gasteiger partial charge in [0.05, 0.1) is 17.6 Å². The Kier molecular flexibility index (Phi) is 3.66. The fourth-order valence-corrected chi connectivity index (χ4v) is 1.95. The molecule has 0 amide bonds. The van der Waals surface area contributed by atoms with E-state index in [-0.39, 0.29) is 0 Å². The first-order valence-corrected chi connectivity index (χ1v) is 6.58. The second kappa shape index (κ2) is 5.04. The molecule has 0 unspecified atom stereocenters. The fourth-order valence-electron chi connectivity index (χ4n) is 1.61. The summed E-state index contributed by atoms with van der Waals surface area (Å²) in [6.07, 6.45) is 1.91. The highest BCUT2D eigenvalue weighted by molar-refractivity contribution is 14.1. The normalized spacial score (nSPS) is 11.3. The lowest BCUT2D eigenvalue weighted by molar-refractivity contribution is 0.874. The van der Waals surface area contributed by atoms with E-state index in [4.69, 9.17) is 0 Å². The van der Waals surface area contributed by atoms with Gasteiger partial charge in [-0.15, -0.1) is 0 Å². The number of aromatic nitrogens is 1. The number of rotatable bonds is 2. The van der Waals surface area contributed by atoms with Crippen molar-refractivity contribution in [3.8, 4) is 0 Å². The van der Waals surface area contributed by atoms with Crippen LogP contribution in [0.4, 0.5) is 5.69 Å². The predicted molar refractivity (Wildman–Crippen MR) is 81.3 cm³/mol. The van der Waals surface area contributed by atoms with Crippen LogP contribution in [0.15, 0.2) is 35.3 Å². The van der Waals surface area contributed by atoms with Crippen LogP contribution >= 0.6 is 22.6 Å². The summed E-state index contributed by atoms with van der Waals surface area (Å²) < 4.78 is 3.40. The van der Waals surface area contributed by atoms with Crippen LogP contribution in [0.5, 0.6) is 0 Å². The number of hydrogen-bond donors (Lipinski definition) is 0. The standard InChI is InChI=1S/C14H15IN2/c1-10-8-12(5-7-14(10)15)16-9-13-6-4-11(2)17(13)3/h4-9H,1-3H3. The van der Waals surface area contributed by atoms with Crippen molar-refractivity contribution in [1.29, 1.82) is 0 Å². The average Bonchev–Trinajstić information content (AvgIpc) is 2.62. The lowest BCUT2D eigenvalue weighted by Crippen LogP contribution is -1.96. The molecule has 0 saturated carbocycles. The summed E-state index contributed by atoms with van der Waals surface area (Å²) in [5.74, 6) is 0. The van der Waals surface area contributed by atoms with Crippen molar-refractivity contribution in [3.05, 3.63) is 50.9 Å². The van der Waals surface area contributed by atoms with Gasteiger partial charge in [-0.05, 0) is 72.3 Å². The highest BCUT2D eigenvalue weighted by atomic mass is 127. The van der Waals surface area contributed by atoms with E-state index < -0.39 is 0 Å². The molecule has 0 aliphatic rings. The van der Waals surface area contributed by atoms with Crippen molar-refractivity contribution in [2.24, 2.45) is 12.0 Å². The summed E-state index contributed by atoms with van der Waals surface area (Å²) in [6.45, 7) is 4.19. The monoisotopic (exact) mass is 338 g/mol. The summed E-state index contributed by atoms with van der Waals surface area (Å²) in [7, 11) is 2.05. The third-order valence-electron chi connectivity index (χ3n) is 2.90. The second-order valence-corrected chi connectivity index (χ2v) is 5.31. The van der Waals surface area contributed by atoms with Gasteiger partial charge < -0.3 is 4.57 Å². The van der Waals surface area contributed by atoms with E-state index in [1.54, 1.807) is 0 Å². The Morgan fingerprint density at radius 1 is 1.18 bits per heavy atom. The highest BCUT2D eigenvalue weighted by Gasteiger charge is 1.98. The number of hydrogen-bond acceptors (Lipinski definition) is 1. The van der Waals surface area contributed by atoms with Crippen molar-refractivity contribution in [1.82, 2.24) is 4.57 Å². The zero-order valence-electron chi connectivity index (χ0n) is 10.2. The molecule has 3 heteroatoms. The molecule has 1 aromatic carbocycles. The molecule has 0 aliphatic heterocycles. The summed E-state index contributed by atoms with van der Waals surface area (Å²) in [6, 6.07) is 10.4. The van der Waals surface area contributed by atoms with Gasteiger partial charge in [0.15, 0.2) is 0 Å². The molecule has 0 bridgehead atoms. The van der Waals surface area contributed by atoms with E-state index in [2.05, 4.69) is 77.3 Å². The van der Waals surface area contributed by atoms with Gasteiger partial charge in [0.25, 0.3) is 0 Å². The summed E-state index contributed by atoms with van der Waals surface area (Å²) >= 11 is 2.33. The zero-order valence-corrected chi connectivity index (χ0v) is 12.4. The van der Waals surface area contributed by atoms with Gasteiger partial charge in [0, 0.05) is 16.3 Å². The largest absolute Gasteiger partial charge is 0.347 e. The highest BCUT2D eigenvalue weighted by Crippen LogP contribution is 2.19. The molecular formula is C14H15IN2. The minimum Gasteiger partial charge on any atom is -0.347 e. The quantitative estimate of drug-likeness (QED) is 0.582. The van der Waals surface area contributed by atoms with Crippen LogP contribution < -0.4 is 0 Å². The molecular weight excluding hydrogens is 323 g/mol. The Hall–Kier alpha value is -1.10. The lowest BCUT2D eigenvalue weighted by Gasteiger charge is -2.01. The van der Waals surface area contributed by atoms with Crippen molar-refractivity contribution < 1.29 is 0 Å². The Morgan fingerprint density at radius 2 is 1.94 bits per heavy atom. The van der Waals surface area contributed by atoms with Gasteiger partial charge in [0.1, 0.15) is 0 Å². The van der Waals surface area contributed by atoms with Crippen LogP contribution in [-0.2, 0) is 7.05 Å². The van der Waals surface area contributed by atoms with E-state index in [9.17, 15) is 0 Å². The maximum atomic E-state index is 4.50. The number of benzene rings is 1. The molecule has 2 rings (SSSR count). The molecule has 0 fully saturated rings. The van der Waals surface area contributed by atoms with Crippen LogP contribution in [0.1, 0.15) is 17.0 Å². The van der Waals surface area contributed by atoms with Crippen LogP contribution in [0, 0.1) is 17.4 Å². The maximum Gasteiger partial charge on any atom is 0.0633 e. The maximum absolute atomic E-state index is 4.50. The third kappa shape index (κ3) is 2.77.